The number of hydrogen-bond donors (Lipinski definition) is 2. The van der Waals surface area contributed by atoms with Crippen LogP contribution in [0, 0.1) is 5.82 Å². The molecule has 1 aromatic rings. The molecule has 0 spiro atoms. The topological polar surface area (TPSA) is 81.8 Å². The minimum atomic E-state index is -5.04. The first-order valence-corrected chi connectivity index (χ1v) is 5.64. The van der Waals surface area contributed by atoms with Gasteiger partial charge < -0.3 is 20.3 Å². The number of alkyl halides is 3. The van der Waals surface area contributed by atoms with Crippen molar-refractivity contribution < 1.29 is 36.9 Å². The molecule has 0 aliphatic carbocycles. The molecule has 1 unspecified atom stereocenters. The van der Waals surface area contributed by atoms with E-state index < -0.39 is 35.7 Å². The fourth-order valence-electron chi connectivity index (χ4n) is 1.62. The SMILES string of the molecule is CC(C)(O)C(OC(N)=O)c1ccc(OC(F)(F)F)c(F)c1. The Morgan fingerprint density at radius 3 is 2.29 bits per heavy atom. The number of amides is 1. The molecule has 0 aliphatic rings. The quantitative estimate of drug-likeness (QED) is 0.838. The van der Waals surface area contributed by atoms with Gasteiger partial charge >= 0.3 is 12.5 Å². The van der Waals surface area contributed by atoms with E-state index in [4.69, 9.17) is 5.73 Å². The summed E-state index contributed by atoms with van der Waals surface area (Å²) >= 11 is 0. The fraction of sp³-hybridized carbons (Fsp3) is 0.417. The Morgan fingerprint density at radius 1 is 1.33 bits per heavy atom. The van der Waals surface area contributed by atoms with E-state index in [9.17, 15) is 27.5 Å². The van der Waals surface area contributed by atoms with Gasteiger partial charge in [0, 0.05) is 0 Å². The van der Waals surface area contributed by atoms with Crippen molar-refractivity contribution in [3.05, 3.63) is 29.6 Å². The normalized spacial score (nSPS) is 13.7. The van der Waals surface area contributed by atoms with Gasteiger partial charge in [0.25, 0.3) is 0 Å². The van der Waals surface area contributed by atoms with Gasteiger partial charge in [-0.25, -0.2) is 9.18 Å². The highest BCUT2D eigenvalue weighted by Crippen LogP contribution is 2.33. The van der Waals surface area contributed by atoms with Gasteiger partial charge in [-0.15, -0.1) is 13.2 Å². The van der Waals surface area contributed by atoms with Crippen LogP contribution in [0.1, 0.15) is 25.5 Å². The van der Waals surface area contributed by atoms with Gasteiger partial charge in [0.2, 0.25) is 0 Å². The first-order valence-electron chi connectivity index (χ1n) is 5.64. The van der Waals surface area contributed by atoms with Crippen LogP contribution >= 0.6 is 0 Å². The van der Waals surface area contributed by atoms with Gasteiger partial charge in [-0.1, -0.05) is 6.07 Å². The van der Waals surface area contributed by atoms with E-state index in [1.807, 2.05) is 0 Å². The van der Waals surface area contributed by atoms with Crippen LogP contribution in [0.3, 0.4) is 0 Å². The van der Waals surface area contributed by atoms with Gasteiger partial charge in [0.1, 0.15) is 5.60 Å². The summed E-state index contributed by atoms with van der Waals surface area (Å²) in [5, 5.41) is 9.86. The van der Waals surface area contributed by atoms with Crippen LogP contribution in [0.5, 0.6) is 5.75 Å². The standard InChI is InChI=1S/C12H13F4NO4/c1-11(2,19)9(20-10(17)18)6-3-4-8(7(13)5-6)21-12(14,15)16/h3-5,9,19H,1-2H3,(H2,17,18). The van der Waals surface area contributed by atoms with Crippen LogP contribution in [0.4, 0.5) is 22.4 Å². The second-order valence-electron chi connectivity index (χ2n) is 4.71. The van der Waals surface area contributed by atoms with Crippen molar-refractivity contribution in [1.82, 2.24) is 0 Å². The first-order chi connectivity index (χ1) is 9.40. The van der Waals surface area contributed by atoms with Crippen molar-refractivity contribution in [3.63, 3.8) is 0 Å². The summed E-state index contributed by atoms with van der Waals surface area (Å²) in [7, 11) is 0. The number of carbonyl (C=O) groups excluding carboxylic acids is 1. The summed E-state index contributed by atoms with van der Waals surface area (Å²) in [6.45, 7) is 2.53. The maximum Gasteiger partial charge on any atom is 0.573 e. The molecule has 1 aromatic carbocycles. The number of primary amides is 1. The lowest BCUT2D eigenvalue weighted by atomic mass is 9.94. The third-order valence-corrected chi connectivity index (χ3v) is 2.36. The van der Waals surface area contributed by atoms with Crippen molar-refractivity contribution >= 4 is 6.09 Å². The van der Waals surface area contributed by atoms with E-state index in [-0.39, 0.29) is 5.56 Å². The molecule has 21 heavy (non-hydrogen) atoms. The first kappa shape index (κ1) is 17.0. The fourth-order valence-corrected chi connectivity index (χ4v) is 1.62. The molecular formula is C12H13F4NO4. The zero-order valence-corrected chi connectivity index (χ0v) is 11.1. The summed E-state index contributed by atoms with van der Waals surface area (Å²) in [6.07, 6.45) is -7.62. The highest BCUT2D eigenvalue weighted by atomic mass is 19.4. The zero-order chi connectivity index (χ0) is 16.4. The number of rotatable bonds is 4. The lowest BCUT2D eigenvalue weighted by Gasteiger charge is -2.28. The minimum Gasteiger partial charge on any atom is -0.438 e. The van der Waals surface area contributed by atoms with Crippen molar-refractivity contribution in [2.75, 3.05) is 0 Å². The molecule has 1 atom stereocenters. The number of ether oxygens (including phenoxy) is 2. The van der Waals surface area contributed by atoms with E-state index in [2.05, 4.69) is 9.47 Å². The van der Waals surface area contributed by atoms with Gasteiger partial charge in [0.05, 0.1) is 0 Å². The van der Waals surface area contributed by atoms with E-state index in [0.717, 1.165) is 6.07 Å². The molecule has 0 saturated carbocycles. The number of benzene rings is 1. The van der Waals surface area contributed by atoms with Crippen molar-refractivity contribution in [2.45, 2.75) is 31.9 Å². The lowest BCUT2D eigenvalue weighted by Crippen LogP contribution is -2.34. The molecule has 0 fully saturated rings. The van der Waals surface area contributed by atoms with Crippen LogP contribution in [-0.4, -0.2) is 23.2 Å². The van der Waals surface area contributed by atoms with Gasteiger partial charge in [0.15, 0.2) is 17.7 Å². The molecule has 0 aromatic heterocycles. The Hall–Kier alpha value is -2.03. The largest absolute Gasteiger partial charge is 0.573 e. The maximum absolute atomic E-state index is 13.6. The second-order valence-corrected chi connectivity index (χ2v) is 4.71. The molecular weight excluding hydrogens is 298 g/mol. The Bertz CT molecular complexity index is 525. The summed E-state index contributed by atoms with van der Waals surface area (Å²) < 4.78 is 57.8. The lowest BCUT2D eigenvalue weighted by molar-refractivity contribution is -0.275. The maximum atomic E-state index is 13.6. The van der Waals surface area contributed by atoms with Gasteiger partial charge in [-0.05, 0) is 31.5 Å². The summed E-state index contributed by atoms with van der Waals surface area (Å²) in [5.41, 5.74) is 3.13. The van der Waals surface area contributed by atoms with E-state index in [1.165, 1.54) is 13.8 Å². The predicted molar refractivity (Wildman–Crippen MR) is 62.8 cm³/mol. The molecule has 118 valence electrons. The Kier molecular flexibility index (Phi) is 4.67. The van der Waals surface area contributed by atoms with Crippen molar-refractivity contribution in [2.24, 2.45) is 5.73 Å². The van der Waals surface area contributed by atoms with Gasteiger partial charge in [-0.3, -0.25) is 0 Å². The van der Waals surface area contributed by atoms with Crippen molar-refractivity contribution in [1.29, 1.82) is 0 Å². The Balaban J connectivity index is 3.12. The highest BCUT2D eigenvalue weighted by molar-refractivity contribution is 5.65. The molecule has 0 aliphatic heterocycles. The second kappa shape index (κ2) is 5.76. The molecule has 0 radical (unpaired) electrons. The average Bonchev–Trinajstić information content (AvgIpc) is 2.25. The van der Waals surface area contributed by atoms with Crippen molar-refractivity contribution in [3.8, 4) is 5.75 Å². The van der Waals surface area contributed by atoms with E-state index >= 15 is 0 Å². The zero-order valence-electron chi connectivity index (χ0n) is 11.1. The molecule has 5 nitrogen and oxygen atoms in total. The number of nitrogens with two attached hydrogens (primary N) is 1. The molecule has 0 bridgehead atoms. The van der Waals surface area contributed by atoms with Crippen LogP contribution in [0.2, 0.25) is 0 Å². The molecule has 3 N–H and O–H groups in total. The molecule has 9 heteroatoms. The smallest absolute Gasteiger partial charge is 0.438 e. The summed E-state index contributed by atoms with van der Waals surface area (Å²) in [4.78, 5) is 10.8. The van der Waals surface area contributed by atoms with E-state index in [1.54, 1.807) is 0 Å². The van der Waals surface area contributed by atoms with Crippen LogP contribution < -0.4 is 10.5 Å². The monoisotopic (exact) mass is 311 g/mol. The Labute approximate surface area is 117 Å². The van der Waals surface area contributed by atoms with Gasteiger partial charge in [-0.2, -0.15) is 0 Å². The predicted octanol–water partition coefficient (Wildman–Crippen LogP) is 2.63. The summed E-state index contributed by atoms with van der Waals surface area (Å²) in [6, 6.07) is 2.39. The molecule has 0 heterocycles. The molecule has 1 rings (SSSR count). The minimum absolute atomic E-state index is 0.0756. The Morgan fingerprint density at radius 2 is 1.90 bits per heavy atom. The van der Waals surface area contributed by atoms with Crippen LogP contribution in [0.15, 0.2) is 18.2 Å². The highest BCUT2D eigenvalue weighted by Gasteiger charge is 2.35. The van der Waals surface area contributed by atoms with Crippen LogP contribution in [0.25, 0.3) is 0 Å². The number of aliphatic hydroxyl groups is 1. The third kappa shape index (κ3) is 5.10. The van der Waals surface area contributed by atoms with E-state index in [0.29, 0.717) is 12.1 Å². The molecule has 0 saturated heterocycles. The average molecular weight is 311 g/mol. The summed E-state index contributed by atoms with van der Waals surface area (Å²) in [5.74, 6) is -2.37. The number of halogens is 4. The molecule has 1 amide bonds. The van der Waals surface area contributed by atoms with Crippen LogP contribution in [-0.2, 0) is 4.74 Å². The number of carbonyl (C=O) groups is 1. The third-order valence-electron chi connectivity index (χ3n) is 2.36. The number of hydrogen-bond acceptors (Lipinski definition) is 4.